The molecule has 0 radical (unpaired) electrons. The van der Waals surface area contributed by atoms with Gasteiger partial charge in [0, 0.05) is 12.2 Å². The molecule has 4 rings (SSSR count). The molecule has 0 bridgehead atoms. The molecule has 7 heteroatoms. The van der Waals surface area contributed by atoms with Gasteiger partial charge in [0.05, 0.1) is 13.3 Å². The highest BCUT2D eigenvalue weighted by molar-refractivity contribution is 6.00. The summed E-state index contributed by atoms with van der Waals surface area (Å²) in [5, 5.41) is 2.91. The van der Waals surface area contributed by atoms with Crippen LogP contribution in [0.5, 0.6) is 5.75 Å². The summed E-state index contributed by atoms with van der Waals surface area (Å²) in [6.45, 7) is 0.520. The van der Waals surface area contributed by atoms with Crippen LogP contribution < -0.4 is 10.1 Å². The van der Waals surface area contributed by atoms with E-state index in [-0.39, 0.29) is 17.6 Å². The van der Waals surface area contributed by atoms with Gasteiger partial charge in [0.15, 0.2) is 6.39 Å². The fourth-order valence-electron chi connectivity index (χ4n) is 3.52. The molecule has 148 valence electrons. The first kappa shape index (κ1) is 18.7. The Morgan fingerprint density at radius 1 is 1.17 bits per heavy atom. The summed E-state index contributed by atoms with van der Waals surface area (Å²) in [6.07, 6.45) is 3.97. The van der Waals surface area contributed by atoms with Gasteiger partial charge in [-0.3, -0.25) is 9.59 Å². The lowest BCUT2D eigenvalue weighted by Gasteiger charge is -2.22. The standard InChI is InChI=1S/C22H21N3O4/c1-28-18-5-2-4-16(12-18)15-7-9-17(10-8-15)24-21(26)19-6-3-11-25(19)22(27)20-13-23-14-29-20/h2,4-5,7-10,12-14,19H,3,6,11H2,1H3,(H,24,26)/t19-/m0/s1. The number of hydrogen-bond donors (Lipinski definition) is 1. The predicted molar refractivity (Wildman–Crippen MR) is 108 cm³/mol. The van der Waals surface area contributed by atoms with Gasteiger partial charge >= 0.3 is 0 Å². The maximum atomic E-state index is 12.8. The number of anilines is 1. The smallest absolute Gasteiger partial charge is 0.291 e. The van der Waals surface area contributed by atoms with Crippen molar-refractivity contribution >= 4 is 17.5 Å². The number of amides is 2. The van der Waals surface area contributed by atoms with Crippen LogP contribution in [-0.4, -0.2) is 41.4 Å². The molecule has 1 aliphatic heterocycles. The molecule has 1 aliphatic rings. The van der Waals surface area contributed by atoms with Crippen LogP contribution in [-0.2, 0) is 4.79 Å². The van der Waals surface area contributed by atoms with Crippen molar-refractivity contribution < 1.29 is 18.7 Å². The molecule has 7 nitrogen and oxygen atoms in total. The van der Waals surface area contributed by atoms with E-state index >= 15 is 0 Å². The first-order valence-electron chi connectivity index (χ1n) is 9.40. The Hall–Kier alpha value is -3.61. The molecule has 1 fully saturated rings. The summed E-state index contributed by atoms with van der Waals surface area (Å²) >= 11 is 0. The number of hydrogen-bond acceptors (Lipinski definition) is 5. The van der Waals surface area contributed by atoms with Crippen LogP contribution in [0.1, 0.15) is 23.4 Å². The van der Waals surface area contributed by atoms with E-state index in [1.165, 1.54) is 12.6 Å². The van der Waals surface area contributed by atoms with Gasteiger partial charge < -0.3 is 19.4 Å². The Bertz CT molecular complexity index is 999. The SMILES string of the molecule is COc1cccc(-c2ccc(NC(=O)[C@@H]3CCCN3C(=O)c3cnco3)cc2)c1. The Morgan fingerprint density at radius 3 is 2.72 bits per heavy atom. The summed E-state index contributed by atoms with van der Waals surface area (Å²) in [6, 6.07) is 14.9. The molecule has 2 aromatic carbocycles. The number of oxazole rings is 1. The number of benzene rings is 2. The van der Waals surface area contributed by atoms with Crippen LogP contribution in [0.2, 0.25) is 0 Å². The third-order valence-corrected chi connectivity index (χ3v) is 5.01. The topological polar surface area (TPSA) is 84.7 Å². The van der Waals surface area contributed by atoms with E-state index in [0.717, 1.165) is 23.3 Å². The molecule has 3 aromatic rings. The van der Waals surface area contributed by atoms with Crippen molar-refractivity contribution in [3.05, 3.63) is 66.9 Å². The lowest BCUT2D eigenvalue weighted by Crippen LogP contribution is -2.43. The predicted octanol–water partition coefficient (Wildman–Crippen LogP) is 3.59. The lowest BCUT2D eigenvalue weighted by molar-refractivity contribution is -0.119. The largest absolute Gasteiger partial charge is 0.497 e. The second kappa shape index (κ2) is 8.18. The number of nitrogens with zero attached hydrogens (tertiary/aromatic N) is 2. The zero-order valence-corrected chi connectivity index (χ0v) is 16.0. The van der Waals surface area contributed by atoms with Crippen molar-refractivity contribution in [3.63, 3.8) is 0 Å². The molecule has 0 saturated carbocycles. The van der Waals surface area contributed by atoms with Gasteiger partial charge in [-0.1, -0.05) is 24.3 Å². The van der Waals surface area contributed by atoms with E-state index in [0.29, 0.717) is 18.7 Å². The first-order chi connectivity index (χ1) is 14.2. The van der Waals surface area contributed by atoms with Gasteiger partial charge in [0.25, 0.3) is 5.91 Å². The van der Waals surface area contributed by atoms with Gasteiger partial charge in [0.1, 0.15) is 11.8 Å². The number of aromatic nitrogens is 1. The average Bonchev–Trinajstić information content (AvgIpc) is 3.46. The summed E-state index contributed by atoms with van der Waals surface area (Å²) in [7, 11) is 1.64. The molecule has 1 atom stereocenters. The molecular formula is C22H21N3O4. The quantitative estimate of drug-likeness (QED) is 0.718. The summed E-state index contributed by atoms with van der Waals surface area (Å²) < 4.78 is 10.3. The van der Waals surface area contributed by atoms with Crippen LogP contribution in [0.4, 0.5) is 5.69 Å². The van der Waals surface area contributed by atoms with E-state index in [1.54, 1.807) is 12.0 Å². The number of methoxy groups -OCH3 is 1. The normalized spacial score (nSPS) is 15.9. The van der Waals surface area contributed by atoms with E-state index in [4.69, 9.17) is 9.15 Å². The van der Waals surface area contributed by atoms with Crippen LogP contribution in [0, 0.1) is 0 Å². The molecule has 1 N–H and O–H groups in total. The lowest BCUT2D eigenvalue weighted by atomic mass is 10.0. The van der Waals surface area contributed by atoms with E-state index in [1.807, 2.05) is 48.5 Å². The summed E-state index contributed by atoms with van der Waals surface area (Å²) in [5.41, 5.74) is 2.73. The third-order valence-electron chi connectivity index (χ3n) is 5.01. The molecule has 0 spiro atoms. The number of nitrogens with one attached hydrogen (secondary N) is 1. The van der Waals surface area contributed by atoms with Crippen molar-refractivity contribution in [1.29, 1.82) is 0 Å². The van der Waals surface area contributed by atoms with Crippen molar-refractivity contribution in [2.75, 3.05) is 19.0 Å². The second-order valence-electron chi connectivity index (χ2n) is 6.82. The highest BCUT2D eigenvalue weighted by atomic mass is 16.5. The zero-order chi connectivity index (χ0) is 20.2. The van der Waals surface area contributed by atoms with Gasteiger partial charge in [-0.15, -0.1) is 0 Å². The molecular weight excluding hydrogens is 370 g/mol. The first-order valence-corrected chi connectivity index (χ1v) is 9.40. The average molecular weight is 391 g/mol. The minimum absolute atomic E-state index is 0.146. The van der Waals surface area contributed by atoms with E-state index < -0.39 is 6.04 Å². The van der Waals surface area contributed by atoms with Gasteiger partial charge in [-0.05, 0) is 48.2 Å². The molecule has 2 heterocycles. The summed E-state index contributed by atoms with van der Waals surface area (Å²) in [5.74, 6) is 0.419. The Kier molecular flexibility index (Phi) is 5.29. The number of likely N-dealkylation sites (tertiary alicyclic amines) is 1. The monoisotopic (exact) mass is 391 g/mol. The molecule has 1 aromatic heterocycles. The maximum absolute atomic E-state index is 12.8. The van der Waals surface area contributed by atoms with Gasteiger partial charge in [-0.25, -0.2) is 4.98 Å². The zero-order valence-electron chi connectivity index (χ0n) is 16.0. The van der Waals surface area contributed by atoms with Crippen LogP contribution in [0.15, 0.2) is 65.5 Å². The number of carbonyl (C=O) groups is 2. The number of carbonyl (C=O) groups excluding carboxylic acids is 2. The van der Waals surface area contributed by atoms with E-state index in [2.05, 4.69) is 10.3 Å². The van der Waals surface area contributed by atoms with Crippen LogP contribution >= 0.6 is 0 Å². The van der Waals surface area contributed by atoms with Gasteiger partial charge in [0.2, 0.25) is 11.7 Å². The minimum atomic E-state index is -0.523. The second-order valence-corrected chi connectivity index (χ2v) is 6.82. The minimum Gasteiger partial charge on any atom is -0.497 e. The van der Waals surface area contributed by atoms with E-state index in [9.17, 15) is 9.59 Å². The highest BCUT2D eigenvalue weighted by Crippen LogP contribution is 2.26. The number of rotatable bonds is 5. The summed E-state index contributed by atoms with van der Waals surface area (Å²) in [4.78, 5) is 30.6. The van der Waals surface area contributed by atoms with Crippen molar-refractivity contribution in [2.45, 2.75) is 18.9 Å². The number of ether oxygens (including phenoxy) is 1. The Balaban J connectivity index is 1.44. The van der Waals surface area contributed by atoms with Crippen molar-refractivity contribution in [3.8, 4) is 16.9 Å². The third kappa shape index (κ3) is 3.99. The molecule has 0 aliphatic carbocycles. The highest BCUT2D eigenvalue weighted by Gasteiger charge is 2.35. The molecule has 1 saturated heterocycles. The Morgan fingerprint density at radius 2 is 2.00 bits per heavy atom. The van der Waals surface area contributed by atoms with Crippen molar-refractivity contribution in [2.24, 2.45) is 0 Å². The fraction of sp³-hybridized carbons (Fsp3) is 0.227. The maximum Gasteiger partial charge on any atom is 0.291 e. The molecule has 0 unspecified atom stereocenters. The molecule has 29 heavy (non-hydrogen) atoms. The molecule has 2 amide bonds. The van der Waals surface area contributed by atoms with Crippen molar-refractivity contribution in [1.82, 2.24) is 9.88 Å². The van der Waals surface area contributed by atoms with Gasteiger partial charge in [-0.2, -0.15) is 0 Å². The van der Waals surface area contributed by atoms with Crippen LogP contribution in [0.3, 0.4) is 0 Å². The fourth-order valence-corrected chi connectivity index (χ4v) is 3.52. The Labute approximate surface area is 168 Å². The van der Waals surface area contributed by atoms with Crippen LogP contribution in [0.25, 0.3) is 11.1 Å².